The zero-order valence-corrected chi connectivity index (χ0v) is 20.6. The van der Waals surface area contributed by atoms with E-state index in [4.69, 9.17) is 14.6 Å². The molecule has 1 unspecified atom stereocenters. The minimum absolute atomic E-state index is 0.0385. The van der Waals surface area contributed by atoms with E-state index in [1.165, 1.54) is 6.26 Å². The van der Waals surface area contributed by atoms with Gasteiger partial charge in [0.15, 0.2) is 0 Å². The molecule has 1 fully saturated rings. The van der Waals surface area contributed by atoms with Crippen molar-refractivity contribution in [3.05, 3.63) is 41.1 Å². The molecule has 0 bridgehead atoms. The number of ether oxygens (including phenoxy) is 1. The smallest absolute Gasteiger partial charge is 0.241 e. The SMILES string of the molecule is C=C(/C=C(\C=NC)c1cc(C2CCC(O)CC2)n2nc(N[C@@H](C)COC)ncc12)S(C)(=N)=O. The highest BCUT2D eigenvalue weighted by Gasteiger charge is 2.26. The highest BCUT2D eigenvalue weighted by atomic mass is 32.2. The van der Waals surface area contributed by atoms with E-state index in [1.54, 1.807) is 32.6 Å². The van der Waals surface area contributed by atoms with Crippen LogP contribution < -0.4 is 5.32 Å². The molecule has 9 nitrogen and oxygen atoms in total. The summed E-state index contributed by atoms with van der Waals surface area (Å²) in [5.41, 5.74) is 3.34. The van der Waals surface area contributed by atoms with E-state index in [2.05, 4.69) is 27.9 Å². The van der Waals surface area contributed by atoms with Crippen LogP contribution in [0.25, 0.3) is 11.1 Å². The highest BCUT2D eigenvalue weighted by molar-refractivity contribution is 7.95. The molecule has 2 heterocycles. The van der Waals surface area contributed by atoms with Crippen LogP contribution in [-0.4, -0.2) is 69.3 Å². The van der Waals surface area contributed by atoms with Crippen molar-refractivity contribution in [3.63, 3.8) is 0 Å². The Bertz CT molecular complexity index is 1160. The summed E-state index contributed by atoms with van der Waals surface area (Å²) in [6.45, 7) is 6.35. The molecule has 0 aromatic carbocycles. The number of fused-ring (bicyclic) bond motifs is 1. The Morgan fingerprint density at radius 1 is 1.48 bits per heavy atom. The molecular formula is C23H34N6O3S. The number of allylic oxidation sites excluding steroid dienone is 2. The summed E-state index contributed by atoms with van der Waals surface area (Å²) >= 11 is 0. The Morgan fingerprint density at radius 2 is 2.18 bits per heavy atom. The number of aliphatic hydroxyl groups is 1. The highest BCUT2D eigenvalue weighted by Crippen LogP contribution is 2.36. The molecule has 1 aliphatic carbocycles. The fraction of sp³-hybridized carbons (Fsp3) is 0.522. The first-order valence-corrected chi connectivity index (χ1v) is 13.0. The summed E-state index contributed by atoms with van der Waals surface area (Å²) in [5, 5.41) is 18.0. The maximum atomic E-state index is 12.2. The number of aromatic nitrogens is 3. The summed E-state index contributed by atoms with van der Waals surface area (Å²) < 4.78 is 27.2. The molecule has 33 heavy (non-hydrogen) atoms. The summed E-state index contributed by atoms with van der Waals surface area (Å²) in [5.74, 6) is 0.733. The number of hydrogen-bond acceptors (Lipinski definition) is 8. The molecule has 0 spiro atoms. The third-order valence-corrected chi connectivity index (χ3v) is 6.97. The van der Waals surface area contributed by atoms with Crippen molar-refractivity contribution < 1.29 is 14.1 Å². The van der Waals surface area contributed by atoms with Crippen molar-refractivity contribution in [1.29, 1.82) is 4.78 Å². The Morgan fingerprint density at radius 3 is 2.79 bits per heavy atom. The van der Waals surface area contributed by atoms with E-state index in [-0.39, 0.29) is 23.0 Å². The second-order valence-electron chi connectivity index (χ2n) is 8.66. The monoisotopic (exact) mass is 474 g/mol. The first kappa shape index (κ1) is 25.1. The average Bonchev–Trinajstić information content (AvgIpc) is 3.12. The quantitative estimate of drug-likeness (QED) is 0.377. The van der Waals surface area contributed by atoms with Crippen molar-refractivity contribution in [2.24, 2.45) is 4.99 Å². The molecule has 3 rings (SSSR count). The van der Waals surface area contributed by atoms with E-state index in [9.17, 15) is 9.32 Å². The normalized spacial score (nSPS) is 22.4. The lowest BCUT2D eigenvalue weighted by atomic mass is 9.85. The maximum Gasteiger partial charge on any atom is 0.241 e. The molecule has 1 saturated carbocycles. The van der Waals surface area contributed by atoms with Crippen LogP contribution >= 0.6 is 0 Å². The third-order valence-electron chi connectivity index (χ3n) is 5.85. The van der Waals surface area contributed by atoms with Crippen LogP contribution in [-0.2, 0) is 14.5 Å². The number of rotatable bonds is 9. The Balaban J connectivity index is 2.14. The van der Waals surface area contributed by atoms with E-state index < -0.39 is 9.73 Å². The lowest BCUT2D eigenvalue weighted by Crippen LogP contribution is -2.23. The number of hydrogen-bond donors (Lipinski definition) is 3. The Kier molecular flexibility index (Phi) is 8.04. The molecule has 180 valence electrons. The van der Waals surface area contributed by atoms with Gasteiger partial charge in [0.2, 0.25) is 5.95 Å². The van der Waals surface area contributed by atoms with Gasteiger partial charge in [-0.3, -0.25) is 4.99 Å². The number of aliphatic imine (C=N–C) groups is 1. The second-order valence-corrected chi connectivity index (χ2v) is 10.9. The topological polar surface area (TPSA) is 125 Å². The van der Waals surface area contributed by atoms with Crippen LogP contribution in [0, 0.1) is 4.78 Å². The van der Waals surface area contributed by atoms with Gasteiger partial charge in [0.05, 0.1) is 34.2 Å². The van der Waals surface area contributed by atoms with Gasteiger partial charge in [-0.15, -0.1) is 5.10 Å². The largest absolute Gasteiger partial charge is 0.393 e. The molecule has 3 N–H and O–H groups in total. The van der Waals surface area contributed by atoms with Gasteiger partial charge in [-0.1, -0.05) is 6.58 Å². The lowest BCUT2D eigenvalue weighted by molar-refractivity contribution is 0.121. The van der Waals surface area contributed by atoms with Gasteiger partial charge in [0, 0.05) is 60.3 Å². The fourth-order valence-corrected chi connectivity index (χ4v) is 4.45. The molecule has 2 aromatic rings. The van der Waals surface area contributed by atoms with Crippen LogP contribution in [0.3, 0.4) is 0 Å². The minimum Gasteiger partial charge on any atom is -0.393 e. The van der Waals surface area contributed by atoms with E-state index in [0.717, 1.165) is 42.5 Å². The van der Waals surface area contributed by atoms with Crippen molar-refractivity contribution in [2.75, 3.05) is 32.3 Å². The predicted octanol–water partition coefficient (Wildman–Crippen LogP) is 3.47. The molecule has 0 amide bonds. The Hall–Kier alpha value is -2.56. The van der Waals surface area contributed by atoms with Gasteiger partial charge < -0.3 is 15.2 Å². The number of aliphatic hydroxyl groups excluding tert-OH is 1. The molecular weight excluding hydrogens is 440 g/mol. The minimum atomic E-state index is -2.94. The van der Waals surface area contributed by atoms with Gasteiger partial charge in [0.1, 0.15) is 0 Å². The number of methoxy groups -OCH3 is 1. The molecule has 0 radical (unpaired) electrons. The molecule has 0 aliphatic heterocycles. The van der Waals surface area contributed by atoms with Gasteiger partial charge in [-0.25, -0.2) is 18.5 Å². The molecule has 10 heteroatoms. The molecule has 2 aromatic heterocycles. The fourth-order valence-electron chi connectivity index (χ4n) is 4.10. The average molecular weight is 475 g/mol. The second kappa shape index (κ2) is 10.6. The first-order chi connectivity index (χ1) is 15.6. The summed E-state index contributed by atoms with van der Waals surface area (Å²) in [6.07, 6.45) is 9.41. The zero-order chi connectivity index (χ0) is 24.2. The first-order valence-electron chi connectivity index (χ1n) is 11.0. The summed E-state index contributed by atoms with van der Waals surface area (Å²) in [6, 6.07) is 2.10. The summed E-state index contributed by atoms with van der Waals surface area (Å²) in [4.78, 5) is 8.90. The van der Waals surface area contributed by atoms with Crippen molar-refractivity contribution in [1.82, 2.24) is 14.6 Å². The number of nitrogens with one attached hydrogen (secondary N) is 2. The van der Waals surface area contributed by atoms with Crippen LogP contribution in [0.4, 0.5) is 5.95 Å². The lowest BCUT2D eigenvalue weighted by Gasteiger charge is -2.25. The third kappa shape index (κ3) is 6.07. The van der Waals surface area contributed by atoms with E-state index in [0.29, 0.717) is 18.1 Å². The molecule has 0 saturated heterocycles. The van der Waals surface area contributed by atoms with Crippen LogP contribution in [0.1, 0.15) is 49.8 Å². The van der Waals surface area contributed by atoms with Gasteiger partial charge in [-0.05, 0) is 44.7 Å². The van der Waals surface area contributed by atoms with Gasteiger partial charge in [-0.2, -0.15) is 0 Å². The zero-order valence-electron chi connectivity index (χ0n) is 19.7. The van der Waals surface area contributed by atoms with Crippen molar-refractivity contribution in [3.8, 4) is 0 Å². The van der Waals surface area contributed by atoms with Crippen LogP contribution in [0.2, 0.25) is 0 Å². The van der Waals surface area contributed by atoms with Crippen molar-refractivity contribution >= 4 is 33.0 Å². The number of anilines is 1. The Labute approximate surface area is 195 Å². The molecule has 1 aliphatic rings. The number of nitrogens with zero attached hydrogens (tertiary/aromatic N) is 4. The summed E-state index contributed by atoms with van der Waals surface area (Å²) in [7, 11) is 0.373. The van der Waals surface area contributed by atoms with Crippen molar-refractivity contribution in [2.45, 2.75) is 50.7 Å². The van der Waals surface area contributed by atoms with Crippen LogP contribution in [0.15, 0.2) is 34.8 Å². The van der Waals surface area contributed by atoms with Gasteiger partial charge >= 0.3 is 0 Å². The molecule has 2 atom stereocenters. The van der Waals surface area contributed by atoms with Gasteiger partial charge in [0.25, 0.3) is 0 Å². The van der Waals surface area contributed by atoms with E-state index in [1.807, 2.05) is 11.4 Å². The predicted molar refractivity (Wildman–Crippen MR) is 133 cm³/mol. The van der Waals surface area contributed by atoms with E-state index >= 15 is 0 Å². The standard InChI is InChI=1S/C23H34N6O3S/c1-15(14-32-4)27-23-26-13-22-20(18(12-25-3)10-16(2)33(5,24)31)11-21(29(22)28-23)17-6-8-19(30)9-7-17/h10-13,15,17,19,24,30H,2,6-9,14H2,1,3-5H3,(H,27,28)/b18-10+,25-12?/t15-,17?,19?,33?/m0/s1. The maximum absolute atomic E-state index is 12.2. The van der Waals surface area contributed by atoms with Crippen LogP contribution in [0.5, 0.6) is 0 Å².